The Morgan fingerprint density at radius 1 is 0.917 bits per heavy atom. The highest BCUT2D eigenvalue weighted by Gasteiger charge is 2.15. The number of hydrogen-bond acceptors (Lipinski definition) is 4. The molecule has 0 aliphatic heterocycles. The van der Waals surface area contributed by atoms with Gasteiger partial charge in [0.25, 0.3) is 5.91 Å². The summed E-state index contributed by atoms with van der Waals surface area (Å²) < 4.78 is 0. The summed E-state index contributed by atoms with van der Waals surface area (Å²) >= 11 is 0. The van der Waals surface area contributed by atoms with E-state index in [0.29, 0.717) is 22.7 Å². The molecule has 0 aliphatic rings. The van der Waals surface area contributed by atoms with Crippen molar-refractivity contribution in [1.29, 1.82) is 0 Å². The molecule has 0 spiro atoms. The topological polar surface area (TPSA) is 98.4 Å². The van der Waals surface area contributed by atoms with Crippen molar-refractivity contribution in [2.45, 2.75) is 6.92 Å². The first-order valence-corrected chi connectivity index (χ1v) is 7.26. The molecule has 0 radical (unpaired) electrons. The molecule has 0 aliphatic carbocycles. The van der Waals surface area contributed by atoms with Crippen LogP contribution in [0.5, 0.6) is 0 Å². The molecule has 1 atom stereocenters. The van der Waals surface area contributed by atoms with Gasteiger partial charge >= 0.3 is 0 Å². The first-order valence-electron chi connectivity index (χ1n) is 7.26. The van der Waals surface area contributed by atoms with E-state index in [9.17, 15) is 4.79 Å². The van der Waals surface area contributed by atoms with Gasteiger partial charge in [-0.1, -0.05) is 51.5 Å². The Morgan fingerprint density at radius 3 is 1.96 bits per heavy atom. The van der Waals surface area contributed by atoms with Crippen molar-refractivity contribution in [1.82, 2.24) is 5.01 Å². The van der Waals surface area contributed by atoms with E-state index in [4.69, 9.17) is 17.3 Å². The van der Waals surface area contributed by atoms with Gasteiger partial charge in [0.15, 0.2) is 0 Å². The standard InChI is InChI=1S/C19H26N4O/c1-6-15(12-14(5)13-17(21)8-3)19(24)23(22)18(9-4)11-10-16(20)7-2/h6-14H,1-4,20-22H2,5H3/b15-12+,16-10+,17-13-,18-11+. The molecule has 0 saturated heterocycles. The van der Waals surface area contributed by atoms with E-state index in [1.165, 1.54) is 24.3 Å². The molecule has 24 heavy (non-hydrogen) atoms. The zero-order valence-electron chi connectivity index (χ0n) is 14.1. The van der Waals surface area contributed by atoms with Crippen molar-refractivity contribution in [2.24, 2.45) is 23.2 Å². The van der Waals surface area contributed by atoms with E-state index < -0.39 is 5.91 Å². The Morgan fingerprint density at radius 2 is 1.50 bits per heavy atom. The third-order valence-electron chi connectivity index (χ3n) is 2.99. The Labute approximate surface area is 144 Å². The molecule has 0 rings (SSSR count). The maximum absolute atomic E-state index is 12.5. The molecule has 0 fully saturated rings. The molecular formula is C19H26N4O. The SMILES string of the molecule is C=C/C(N)=C/C(C)/C=C(\C=C)C(=O)N(N)/C(C=C)=C/C=C(/N)C=C. The minimum atomic E-state index is -0.431. The number of hydrogen-bond donors (Lipinski definition) is 3. The van der Waals surface area contributed by atoms with Crippen molar-refractivity contribution >= 4 is 5.91 Å². The molecule has 0 heterocycles. The zero-order chi connectivity index (χ0) is 18.7. The van der Waals surface area contributed by atoms with Crippen molar-refractivity contribution in [3.8, 4) is 0 Å². The van der Waals surface area contributed by atoms with Crippen LogP contribution in [0.3, 0.4) is 0 Å². The van der Waals surface area contributed by atoms with Crippen LogP contribution in [0.4, 0.5) is 0 Å². The number of rotatable bonds is 9. The molecule has 128 valence electrons. The van der Waals surface area contributed by atoms with E-state index in [-0.39, 0.29) is 5.92 Å². The van der Waals surface area contributed by atoms with Gasteiger partial charge in [-0.05, 0) is 36.3 Å². The van der Waals surface area contributed by atoms with Crippen LogP contribution < -0.4 is 17.3 Å². The number of carbonyl (C=O) groups excluding carboxylic acids is 1. The monoisotopic (exact) mass is 326 g/mol. The van der Waals surface area contributed by atoms with Gasteiger partial charge < -0.3 is 11.5 Å². The summed E-state index contributed by atoms with van der Waals surface area (Å²) in [5.74, 6) is 5.35. The second kappa shape index (κ2) is 10.6. The molecule has 0 aromatic carbocycles. The minimum absolute atomic E-state index is 0.0965. The van der Waals surface area contributed by atoms with E-state index >= 15 is 0 Å². The van der Waals surface area contributed by atoms with Crippen molar-refractivity contribution in [2.75, 3.05) is 0 Å². The smallest absolute Gasteiger partial charge is 0.272 e. The summed E-state index contributed by atoms with van der Waals surface area (Å²) in [5.41, 5.74) is 13.0. The van der Waals surface area contributed by atoms with Gasteiger partial charge in [-0.15, -0.1) is 0 Å². The van der Waals surface area contributed by atoms with Crippen molar-refractivity contribution < 1.29 is 4.79 Å². The second-order valence-electron chi connectivity index (χ2n) is 4.90. The zero-order valence-corrected chi connectivity index (χ0v) is 14.1. The molecule has 0 aromatic rings. The van der Waals surface area contributed by atoms with Gasteiger partial charge in [0.05, 0.1) is 5.70 Å². The van der Waals surface area contributed by atoms with Crippen LogP contribution in [0.25, 0.3) is 0 Å². The Balaban J connectivity index is 5.53. The maximum Gasteiger partial charge on any atom is 0.272 e. The quantitative estimate of drug-likeness (QED) is 0.199. The average Bonchev–Trinajstić information content (AvgIpc) is 2.58. The number of hydrazine groups is 1. The second-order valence-corrected chi connectivity index (χ2v) is 4.90. The van der Waals surface area contributed by atoms with Crippen LogP contribution in [0.2, 0.25) is 0 Å². The molecule has 6 N–H and O–H groups in total. The number of nitrogens with two attached hydrogens (primary N) is 3. The third-order valence-corrected chi connectivity index (χ3v) is 2.99. The summed E-state index contributed by atoms with van der Waals surface area (Å²) in [5, 5.41) is 0.973. The predicted molar refractivity (Wildman–Crippen MR) is 102 cm³/mol. The van der Waals surface area contributed by atoms with Crippen LogP contribution in [0.1, 0.15) is 6.92 Å². The van der Waals surface area contributed by atoms with Crippen LogP contribution in [0.15, 0.2) is 97.6 Å². The molecule has 0 bridgehead atoms. The van der Waals surface area contributed by atoms with E-state index in [2.05, 4.69) is 26.3 Å². The summed E-state index contributed by atoms with van der Waals surface area (Å²) in [4.78, 5) is 12.5. The molecular weight excluding hydrogens is 300 g/mol. The number of nitrogens with zero attached hydrogens (tertiary/aromatic N) is 1. The Bertz CT molecular complexity index is 636. The lowest BCUT2D eigenvalue weighted by atomic mass is 10.1. The van der Waals surface area contributed by atoms with Gasteiger partial charge in [0, 0.05) is 17.0 Å². The molecule has 5 nitrogen and oxygen atoms in total. The van der Waals surface area contributed by atoms with E-state index in [1.54, 1.807) is 24.3 Å². The van der Waals surface area contributed by atoms with Gasteiger partial charge in [-0.3, -0.25) is 4.79 Å². The van der Waals surface area contributed by atoms with Gasteiger partial charge in [0.1, 0.15) is 0 Å². The van der Waals surface area contributed by atoms with E-state index in [1.807, 2.05) is 6.92 Å². The summed E-state index contributed by atoms with van der Waals surface area (Å²) in [6, 6.07) is 0. The first-order chi connectivity index (χ1) is 11.3. The summed E-state index contributed by atoms with van der Waals surface area (Å²) in [7, 11) is 0. The largest absolute Gasteiger partial charge is 0.399 e. The summed E-state index contributed by atoms with van der Waals surface area (Å²) in [6.07, 6.45) is 12.5. The third kappa shape index (κ3) is 6.81. The highest BCUT2D eigenvalue weighted by molar-refractivity contribution is 5.97. The highest BCUT2D eigenvalue weighted by Crippen LogP contribution is 2.12. The Kier molecular flexibility index (Phi) is 9.29. The molecule has 5 heteroatoms. The number of amides is 1. The van der Waals surface area contributed by atoms with E-state index in [0.717, 1.165) is 5.01 Å². The fourth-order valence-corrected chi connectivity index (χ4v) is 1.68. The van der Waals surface area contributed by atoms with Gasteiger partial charge in [0.2, 0.25) is 0 Å². The highest BCUT2D eigenvalue weighted by atomic mass is 16.2. The van der Waals surface area contributed by atoms with Crippen molar-refractivity contribution in [3.05, 3.63) is 97.6 Å². The van der Waals surface area contributed by atoms with Crippen LogP contribution >= 0.6 is 0 Å². The lowest BCUT2D eigenvalue weighted by molar-refractivity contribution is -0.125. The lowest BCUT2D eigenvalue weighted by Crippen LogP contribution is -2.36. The van der Waals surface area contributed by atoms with Crippen LogP contribution in [0, 0.1) is 5.92 Å². The molecule has 0 aromatic heterocycles. The first kappa shape index (κ1) is 20.9. The number of allylic oxidation sites excluding steroid dienone is 7. The fourth-order valence-electron chi connectivity index (χ4n) is 1.68. The van der Waals surface area contributed by atoms with Gasteiger partial charge in [-0.25, -0.2) is 10.9 Å². The normalized spacial score (nSPS) is 14.6. The number of carbonyl (C=O) groups is 1. The molecule has 1 unspecified atom stereocenters. The predicted octanol–water partition coefficient (Wildman–Crippen LogP) is 2.56. The average molecular weight is 326 g/mol. The maximum atomic E-state index is 12.5. The summed E-state index contributed by atoms with van der Waals surface area (Å²) in [6.45, 7) is 16.3. The van der Waals surface area contributed by atoms with Gasteiger partial charge in [-0.2, -0.15) is 0 Å². The molecule has 0 saturated carbocycles. The molecule has 1 amide bonds. The Hall–Kier alpha value is -3.05. The van der Waals surface area contributed by atoms with Crippen LogP contribution in [-0.4, -0.2) is 10.9 Å². The van der Waals surface area contributed by atoms with Crippen molar-refractivity contribution in [3.63, 3.8) is 0 Å². The minimum Gasteiger partial charge on any atom is -0.399 e. The lowest BCUT2D eigenvalue weighted by Gasteiger charge is -2.18. The van der Waals surface area contributed by atoms with Crippen LogP contribution in [-0.2, 0) is 4.79 Å². The fraction of sp³-hybridized carbons (Fsp3) is 0.105.